The van der Waals surface area contributed by atoms with Gasteiger partial charge in [0.15, 0.2) is 6.10 Å². The molecule has 0 aliphatic carbocycles. The summed E-state index contributed by atoms with van der Waals surface area (Å²) >= 11 is 0. The topological polar surface area (TPSA) is 78.9 Å². The number of carbonyl (C=O) groups excluding carboxylic acids is 3. The van der Waals surface area contributed by atoms with E-state index in [4.69, 9.17) is 14.2 Å². The van der Waals surface area contributed by atoms with E-state index in [-0.39, 0.29) is 31.1 Å². The van der Waals surface area contributed by atoms with Crippen LogP contribution in [0.5, 0.6) is 0 Å². The van der Waals surface area contributed by atoms with Crippen LogP contribution in [-0.4, -0.2) is 37.2 Å². The summed E-state index contributed by atoms with van der Waals surface area (Å²) in [4.78, 5) is 38.5. The first kappa shape index (κ1) is 78.6. The number of allylic oxidation sites excluding steroid dienone is 6. The summed E-state index contributed by atoms with van der Waals surface area (Å²) in [6.07, 6.45) is 87.4. The molecule has 0 heterocycles. The van der Waals surface area contributed by atoms with E-state index >= 15 is 0 Å². The molecule has 0 saturated heterocycles. The molecule has 0 aliphatic rings. The van der Waals surface area contributed by atoms with Gasteiger partial charge in [0.05, 0.1) is 0 Å². The average molecular weight is 1140 g/mol. The molecule has 1 atom stereocenters. The summed E-state index contributed by atoms with van der Waals surface area (Å²) in [7, 11) is 0. The van der Waals surface area contributed by atoms with Crippen molar-refractivity contribution in [1.82, 2.24) is 0 Å². The van der Waals surface area contributed by atoms with E-state index in [1.165, 1.54) is 302 Å². The van der Waals surface area contributed by atoms with Gasteiger partial charge in [-0.2, -0.15) is 0 Å². The van der Waals surface area contributed by atoms with E-state index < -0.39 is 6.10 Å². The van der Waals surface area contributed by atoms with Gasteiger partial charge in [0.1, 0.15) is 13.2 Å². The maximum absolute atomic E-state index is 13.0. The normalized spacial score (nSPS) is 12.2. The monoisotopic (exact) mass is 1140 g/mol. The summed E-state index contributed by atoms with van der Waals surface area (Å²) in [5.74, 6) is -0.843. The van der Waals surface area contributed by atoms with E-state index in [0.29, 0.717) is 19.3 Å². The molecule has 0 aromatic carbocycles. The molecular weight excluding hydrogens is 997 g/mol. The Morgan fingerprint density at radius 2 is 0.444 bits per heavy atom. The van der Waals surface area contributed by atoms with Crippen LogP contribution < -0.4 is 0 Å². The number of rotatable bonds is 68. The zero-order chi connectivity index (χ0) is 58.5. The maximum atomic E-state index is 13.0. The molecule has 0 fully saturated rings. The van der Waals surface area contributed by atoms with Gasteiger partial charge in [0.2, 0.25) is 0 Å². The molecule has 0 aliphatic heterocycles. The van der Waals surface area contributed by atoms with Crippen LogP contribution in [0, 0.1) is 0 Å². The van der Waals surface area contributed by atoms with Gasteiger partial charge >= 0.3 is 17.9 Å². The highest BCUT2D eigenvalue weighted by molar-refractivity contribution is 5.71. The summed E-state index contributed by atoms with van der Waals surface area (Å²) in [6, 6.07) is 0. The van der Waals surface area contributed by atoms with Crippen molar-refractivity contribution in [2.24, 2.45) is 0 Å². The van der Waals surface area contributed by atoms with Gasteiger partial charge in [0, 0.05) is 19.3 Å². The lowest BCUT2D eigenvalue weighted by Gasteiger charge is -2.18. The first-order chi connectivity index (χ1) is 40.0. The number of unbranched alkanes of at least 4 members (excludes halogenated alkanes) is 51. The lowest BCUT2D eigenvalue weighted by Crippen LogP contribution is -2.30. The highest BCUT2D eigenvalue weighted by atomic mass is 16.6. The third-order valence-corrected chi connectivity index (χ3v) is 16.6. The number of esters is 3. The van der Waals surface area contributed by atoms with E-state index in [0.717, 1.165) is 64.2 Å². The van der Waals surface area contributed by atoms with Crippen LogP contribution in [0.2, 0.25) is 0 Å². The molecular formula is C75H140O6. The predicted molar refractivity (Wildman–Crippen MR) is 353 cm³/mol. The van der Waals surface area contributed by atoms with Crippen molar-refractivity contribution in [2.75, 3.05) is 13.2 Å². The van der Waals surface area contributed by atoms with Gasteiger partial charge in [-0.3, -0.25) is 14.4 Å². The smallest absolute Gasteiger partial charge is 0.306 e. The van der Waals surface area contributed by atoms with Gasteiger partial charge in [-0.05, 0) is 77.0 Å². The average Bonchev–Trinajstić information content (AvgIpc) is 3.47. The Morgan fingerprint density at radius 1 is 0.247 bits per heavy atom. The fourth-order valence-corrected chi connectivity index (χ4v) is 11.1. The zero-order valence-corrected chi connectivity index (χ0v) is 54.8. The number of carbonyl (C=O) groups is 3. The van der Waals surface area contributed by atoms with Gasteiger partial charge < -0.3 is 14.2 Å². The minimum absolute atomic E-state index is 0.0696. The minimum Gasteiger partial charge on any atom is -0.462 e. The molecule has 0 aromatic rings. The Kier molecular flexibility index (Phi) is 68.1. The van der Waals surface area contributed by atoms with Crippen LogP contribution in [-0.2, 0) is 28.6 Å². The van der Waals surface area contributed by atoms with Crippen LogP contribution >= 0.6 is 0 Å². The van der Waals surface area contributed by atoms with Crippen LogP contribution in [0.1, 0.15) is 406 Å². The summed E-state index contributed by atoms with van der Waals surface area (Å²) < 4.78 is 17.0. The fourth-order valence-electron chi connectivity index (χ4n) is 11.1. The molecule has 0 saturated carbocycles. The third-order valence-electron chi connectivity index (χ3n) is 16.6. The Labute approximate surface area is 506 Å². The van der Waals surface area contributed by atoms with E-state index in [1.54, 1.807) is 0 Å². The summed E-state index contributed by atoms with van der Waals surface area (Å²) in [6.45, 7) is 6.71. The van der Waals surface area contributed by atoms with Crippen LogP contribution in [0.4, 0.5) is 0 Å². The number of hydrogen-bond donors (Lipinski definition) is 0. The molecule has 81 heavy (non-hydrogen) atoms. The van der Waals surface area contributed by atoms with Gasteiger partial charge in [-0.15, -0.1) is 0 Å². The molecule has 0 aromatic heterocycles. The number of hydrogen-bond acceptors (Lipinski definition) is 6. The zero-order valence-electron chi connectivity index (χ0n) is 54.8. The van der Waals surface area contributed by atoms with Crippen molar-refractivity contribution in [3.05, 3.63) is 36.5 Å². The second-order valence-electron chi connectivity index (χ2n) is 24.9. The van der Waals surface area contributed by atoms with Crippen molar-refractivity contribution in [3.8, 4) is 0 Å². The van der Waals surface area contributed by atoms with E-state index in [1.807, 2.05) is 0 Å². The summed E-state index contributed by atoms with van der Waals surface area (Å²) in [5.41, 5.74) is 0. The lowest BCUT2D eigenvalue weighted by molar-refractivity contribution is -0.167. The van der Waals surface area contributed by atoms with Gasteiger partial charge in [-0.25, -0.2) is 0 Å². The van der Waals surface area contributed by atoms with Crippen LogP contribution in [0.25, 0.3) is 0 Å². The molecule has 1 unspecified atom stereocenters. The first-order valence-electron chi connectivity index (χ1n) is 36.5. The SMILES string of the molecule is CCCCCCC/C=C\C/C=C\CCCCCCCCCCCCCC(=O)OCC(COC(=O)CCCCCCCCC/C=C\CCCCCCCCC)OC(=O)CCCCCCCCCCCCCCCCCCCCCCCC. The molecule has 6 nitrogen and oxygen atoms in total. The Morgan fingerprint density at radius 3 is 0.691 bits per heavy atom. The highest BCUT2D eigenvalue weighted by Crippen LogP contribution is 2.19. The molecule has 0 spiro atoms. The minimum atomic E-state index is -0.774. The first-order valence-corrected chi connectivity index (χ1v) is 36.5. The number of ether oxygens (including phenoxy) is 3. The van der Waals surface area contributed by atoms with Crippen molar-refractivity contribution in [2.45, 2.75) is 412 Å². The van der Waals surface area contributed by atoms with Crippen molar-refractivity contribution >= 4 is 17.9 Å². The standard InChI is InChI=1S/C75H140O6/c1-4-7-10-13-16-19-22-25-28-31-34-36-38-40-41-44-47-50-53-56-59-62-65-68-74(77)80-71-72(70-79-73(76)67-64-61-58-55-52-49-46-43-33-30-27-24-21-18-15-12-9-6-3)81-75(78)69-66-63-60-57-54-51-48-45-42-39-37-35-32-29-26-23-20-17-14-11-8-5-2/h22,25,30-31,33-34,72H,4-21,23-24,26-29,32,35-71H2,1-3H3/b25-22-,33-30-,34-31-. The Hall–Kier alpha value is -2.37. The quantitative estimate of drug-likeness (QED) is 0.0261. The third kappa shape index (κ3) is 68.3. The van der Waals surface area contributed by atoms with Crippen molar-refractivity contribution in [1.29, 1.82) is 0 Å². The Bertz CT molecular complexity index is 1350. The van der Waals surface area contributed by atoms with Gasteiger partial charge in [-0.1, -0.05) is 346 Å². The highest BCUT2D eigenvalue weighted by Gasteiger charge is 2.19. The largest absolute Gasteiger partial charge is 0.462 e. The molecule has 0 N–H and O–H groups in total. The van der Waals surface area contributed by atoms with Crippen LogP contribution in [0.3, 0.4) is 0 Å². The molecule has 0 bridgehead atoms. The second-order valence-corrected chi connectivity index (χ2v) is 24.9. The second kappa shape index (κ2) is 70.1. The molecule has 6 heteroatoms. The summed E-state index contributed by atoms with van der Waals surface area (Å²) in [5, 5.41) is 0. The molecule has 0 rings (SSSR count). The van der Waals surface area contributed by atoms with E-state index in [9.17, 15) is 14.4 Å². The fraction of sp³-hybridized carbons (Fsp3) is 0.880. The molecule has 0 amide bonds. The van der Waals surface area contributed by atoms with Gasteiger partial charge in [0.25, 0.3) is 0 Å². The van der Waals surface area contributed by atoms with Crippen molar-refractivity contribution < 1.29 is 28.6 Å². The lowest BCUT2D eigenvalue weighted by atomic mass is 10.0. The van der Waals surface area contributed by atoms with E-state index in [2.05, 4.69) is 57.2 Å². The maximum Gasteiger partial charge on any atom is 0.306 e. The Balaban J connectivity index is 4.31. The van der Waals surface area contributed by atoms with Crippen LogP contribution in [0.15, 0.2) is 36.5 Å². The predicted octanol–water partition coefficient (Wildman–Crippen LogP) is 25.1. The molecule has 476 valence electrons. The molecule has 0 radical (unpaired) electrons. The van der Waals surface area contributed by atoms with Crippen molar-refractivity contribution in [3.63, 3.8) is 0 Å².